The number of carboxylic acid groups (broad SMARTS) is 1. The first-order valence-electron chi connectivity index (χ1n) is 8.60. The number of anilines is 1. The maximum absolute atomic E-state index is 12.6. The van der Waals surface area contributed by atoms with E-state index in [1.54, 1.807) is 19.1 Å². The molecule has 0 aromatic heterocycles. The van der Waals surface area contributed by atoms with Crippen molar-refractivity contribution in [2.45, 2.75) is 33.1 Å². The molecule has 0 fully saturated rings. The summed E-state index contributed by atoms with van der Waals surface area (Å²) in [7, 11) is 0. The molecule has 0 aliphatic carbocycles. The second-order valence-corrected chi connectivity index (χ2v) is 7.07. The van der Waals surface area contributed by atoms with E-state index >= 15 is 0 Å². The lowest BCUT2D eigenvalue weighted by molar-refractivity contribution is 0.0526. The van der Waals surface area contributed by atoms with E-state index in [9.17, 15) is 19.5 Å². The highest BCUT2D eigenvalue weighted by molar-refractivity contribution is 6.09. The van der Waals surface area contributed by atoms with Gasteiger partial charge in [-0.25, -0.2) is 9.59 Å². The molecule has 1 amide bonds. The van der Waals surface area contributed by atoms with Crippen molar-refractivity contribution in [2.24, 2.45) is 0 Å². The Kier molecular flexibility index (Phi) is 6.00. The molecule has 0 saturated carbocycles. The Hall–Kier alpha value is -3.15. The summed E-state index contributed by atoms with van der Waals surface area (Å²) in [5.74, 6) is -2.23. The first kappa shape index (κ1) is 20.2. The Labute approximate surface area is 158 Å². The van der Waals surface area contributed by atoms with E-state index in [1.165, 1.54) is 18.2 Å². The monoisotopic (exact) mass is 369 g/mol. The molecule has 0 spiro atoms. The van der Waals surface area contributed by atoms with Crippen LogP contribution in [0, 0.1) is 0 Å². The Bertz CT molecular complexity index is 863. The Morgan fingerprint density at radius 2 is 1.59 bits per heavy atom. The number of amides is 1. The largest absolute Gasteiger partial charge is 0.478 e. The quantitative estimate of drug-likeness (QED) is 0.774. The topological polar surface area (TPSA) is 92.7 Å². The number of esters is 1. The SMILES string of the molecule is CCOC(=O)c1ccc(C(=O)O)cc1NC(=O)c1ccc(C(C)(C)C)cc1. The third-order valence-corrected chi connectivity index (χ3v) is 4.02. The number of carboxylic acids is 1. The van der Waals surface area contributed by atoms with Crippen molar-refractivity contribution in [1.82, 2.24) is 0 Å². The predicted molar refractivity (Wildman–Crippen MR) is 102 cm³/mol. The first-order valence-corrected chi connectivity index (χ1v) is 8.60. The van der Waals surface area contributed by atoms with E-state index in [1.807, 2.05) is 12.1 Å². The summed E-state index contributed by atoms with van der Waals surface area (Å²) in [5, 5.41) is 11.8. The summed E-state index contributed by atoms with van der Waals surface area (Å²) in [6.45, 7) is 8.06. The minimum absolute atomic E-state index is 0.0398. The van der Waals surface area contributed by atoms with Crippen molar-refractivity contribution in [3.8, 4) is 0 Å². The molecule has 27 heavy (non-hydrogen) atoms. The second-order valence-electron chi connectivity index (χ2n) is 7.07. The van der Waals surface area contributed by atoms with Crippen LogP contribution < -0.4 is 5.32 Å². The third-order valence-electron chi connectivity index (χ3n) is 4.02. The van der Waals surface area contributed by atoms with Crippen molar-refractivity contribution in [2.75, 3.05) is 11.9 Å². The number of hydrogen-bond donors (Lipinski definition) is 2. The molecule has 0 radical (unpaired) electrons. The minimum Gasteiger partial charge on any atom is -0.478 e. The van der Waals surface area contributed by atoms with Gasteiger partial charge >= 0.3 is 11.9 Å². The van der Waals surface area contributed by atoms with Gasteiger partial charge in [0.25, 0.3) is 5.91 Å². The molecule has 2 aromatic rings. The standard InChI is InChI=1S/C21H23NO5/c1-5-27-20(26)16-11-8-14(19(24)25)12-17(16)22-18(23)13-6-9-15(10-7-13)21(2,3)4/h6-12H,5H2,1-4H3,(H,22,23)(H,24,25). The van der Waals surface area contributed by atoms with E-state index < -0.39 is 17.8 Å². The van der Waals surface area contributed by atoms with Crippen molar-refractivity contribution >= 4 is 23.5 Å². The third kappa shape index (κ3) is 4.94. The van der Waals surface area contributed by atoms with Crippen LogP contribution >= 0.6 is 0 Å². The average molecular weight is 369 g/mol. The molecule has 2 rings (SSSR count). The highest BCUT2D eigenvalue weighted by atomic mass is 16.5. The first-order chi connectivity index (χ1) is 12.6. The van der Waals surface area contributed by atoms with Gasteiger partial charge in [0.05, 0.1) is 23.4 Å². The number of hydrogen-bond acceptors (Lipinski definition) is 4. The number of carbonyl (C=O) groups is 3. The Balaban J connectivity index is 2.33. The van der Waals surface area contributed by atoms with Gasteiger partial charge < -0.3 is 15.2 Å². The van der Waals surface area contributed by atoms with Crippen LogP contribution in [-0.4, -0.2) is 29.6 Å². The van der Waals surface area contributed by atoms with E-state index in [4.69, 9.17) is 4.74 Å². The molecule has 2 aromatic carbocycles. The van der Waals surface area contributed by atoms with E-state index in [0.717, 1.165) is 5.56 Å². The van der Waals surface area contributed by atoms with Gasteiger partial charge in [0.15, 0.2) is 0 Å². The molecule has 0 bridgehead atoms. The fourth-order valence-corrected chi connectivity index (χ4v) is 2.48. The van der Waals surface area contributed by atoms with Crippen molar-refractivity contribution in [3.05, 3.63) is 64.7 Å². The van der Waals surface area contributed by atoms with Gasteiger partial charge in [0, 0.05) is 5.56 Å². The van der Waals surface area contributed by atoms with E-state index in [0.29, 0.717) is 5.56 Å². The number of carbonyl (C=O) groups excluding carboxylic acids is 2. The van der Waals surface area contributed by atoms with Crippen molar-refractivity contribution in [1.29, 1.82) is 0 Å². The van der Waals surface area contributed by atoms with Crippen molar-refractivity contribution in [3.63, 3.8) is 0 Å². The van der Waals surface area contributed by atoms with Gasteiger partial charge in [0.1, 0.15) is 0 Å². The number of nitrogens with one attached hydrogen (secondary N) is 1. The highest BCUT2D eigenvalue weighted by Crippen LogP contribution is 2.23. The fourth-order valence-electron chi connectivity index (χ4n) is 2.48. The van der Waals surface area contributed by atoms with Crippen LogP contribution in [-0.2, 0) is 10.2 Å². The smallest absolute Gasteiger partial charge is 0.340 e. The molecule has 0 unspecified atom stereocenters. The van der Waals surface area contributed by atoms with Crippen LogP contribution in [0.15, 0.2) is 42.5 Å². The lowest BCUT2D eigenvalue weighted by Crippen LogP contribution is -2.17. The highest BCUT2D eigenvalue weighted by Gasteiger charge is 2.19. The lowest BCUT2D eigenvalue weighted by Gasteiger charge is -2.19. The summed E-state index contributed by atoms with van der Waals surface area (Å²) >= 11 is 0. The maximum Gasteiger partial charge on any atom is 0.340 e. The summed E-state index contributed by atoms with van der Waals surface area (Å²) in [6.07, 6.45) is 0. The lowest BCUT2D eigenvalue weighted by atomic mass is 9.86. The number of aromatic carboxylic acids is 1. The minimum atomic E-state index is -1.16. The molecule has 0 aliphatic rings. The Morgan fingerprint density at radius 3 is 2.11 bits per heavy atom. The molecule has 2 N–H and O–H groups in total. The molecule has 142 valence electrons. The molecule has 0 heterocycles. The predicted octanol–water partition coefficient (Wildman–Crippen LogP) is 4.11. The van der Waals surface area contributed by atoms with Gasteiger partial charge in [-0.1, -0.05) is 32.9 Å². The van der Waals surface area contributed by atoms with Crippen molar-refractivity contribution < 1.29 is 24.2 Å². The van der Waals surface area contributed by atoms with Gasteiger partial charge in [-0.3, -0.25) is 4.79 Å². The summed E-state index contributed by atoms with van der Waals surface area (Å²) < 4.78 is 4.97. The molecular weight excluding hydrogens is 346 g/mol. The molecule has 0 aliphatic heterocycles. The number of ether oxygens (including phenoxy) is 1. The molecule has 6 nitrogen and oxygen atoms in total. The van der Waals surface area contributed by atoms with E-state index in [-0.39, 0.29) is 28.8 Å². The maximum atomic E-state index is 12.6. The zero-order valence-electron chi connectivity index (χ0n) is 15.8. The van der Waals surface area contributed by atoms with Gasteiger partial charge in [-0.05, 0) is 48.2 Å². The van der Waals surface area contributed by atoms with Crippen LogP contribution in [0.25, 0.3) is 0 Å². The second kappa shape index (κ2) is 8.03. The molecule has 0 atom stereocenters. The number of benzene rings is 2. The van der Waals surface area contributed by atoms with Crippen LogP contribution in [0.5, 0.6) is 0 Å². The zero-order chi connectivity index (χ0) is 20.2. The average Bonchev–Trinajstić information content (AvgIpc) is 2.61. The van der Waals surface area contributed by atoms with Gasteiger partial charge in [-0.15, -0.1) is 0 Å². The summed E-state index contributed by atoms with van der Waals surface area (Å²) in [5.41, 5.74) is 1.60. The molecule has 0 saturated heterocycles. The van der Waals surface area contributed by atoms with Gasteiger partial charge in [0.2, 0.25) is 0 Å². The number of rotatable bonds is 5. The van der Waals surface area contributed by atoms with Crippen LogP contribution in [0.2, 0.25) is 0 Å². The fraction of sp³-hybridized carbons (Fsp3) is 0.286. The van der Waals surface area contributed by atoms with Crippen LogP contribution in [0.1, 0.15) is 64.3 Å². The van der Waals surface area contributed by atoms with Crippen LogP contribution in [0.3, 0.4) is 0 Å². The van der Waals surface area contributed by atoms with E-state index in [2.05, 4.69) is 26.1 Å². The summed E-state index contributed by atoms with van der Waals surface area (Å²) in [4.78, 5) is 35.9. The molecule has 6 heteroatoms. The normalized spacial score (nSPS) is 11.0. The Morgan fingerprint density at radius 1 is 1.00 bits per heavy atom. The molecular formula is C21H23NO5. The summed E-state index contributed by atoms with van der Waals surface area (Å²) in [6, 6.07) is 11.0. The van der Waals surface area contributed by atoms with Crippen LogP contribution in [0.4, 0.5) is 5.69 Å². The van der Waals surface area contributed by atoms with Gasteiger partial charge in [-0.2, -0.15) is 0 Å². The zero-order valence-corrected chi connectivity index (χ0v) is 15.8.